The molecule has 0 unspecified atom stereocenters. The zero-order valence-corrected chi connectivity index (χ0v) is 17.4. The zero-order valence-electron chi connectivity index (χ0n) is 17.4. The van der Waals surface area contributed by atoms with Crippen molar-refractivity contribution in [1.82, 2.24) is 14.8 Å². The van der Waals surface area contributed by atoms with Crippen LogP contribution in [0.4, 0.5) is 4.39 Å². The van der Waals surface area contributed by atoms with E-state index in [1.807, 2.05) is 24.0 Å². The third kappa shape index (κ3) is 4.76. The Morgan fingerprint density at radius 1 is 1.00 bits per heavy atom. The van der Waals surface area contributed by atoms with Gasteiger partial charge >= 0.3 is 0 Å². The molecule has 2 heterocycles. The van der Waals surface area contributed by atoms with Crippen LogP contribution < -0.4 is 0 Å². The summed E-state index contributed by atoms with van der Waals surface area (Å²) in [5.74, 6) is 1.28. The number of oxazole rings is 1. The molecule has 1 aliphatic rings. The first kappa shape index (κ1) is 20.3. The van der Waals surface area contributed by atoms with E-state index in [4.69, 9.17) is 9.40 Å². The van der Waals surface area contributed by atoms with Crippen LogP contribution in [0, 0.1) is 19.7 Å². The molecule has 0 aliphatic carbocycles. The van der Waals surface area contributed by atoms with Gasteiger partial charge in [-0.2, -0.15) is 0 Å². The first-order valence-corrected chi connectivity index (χ1v) is 10.3. The summed E-state index contributed by atoms with van der Waals surface area (Å²) in [5.41, 5.74) is 3.96. The van der Waals surface area contributed by atoms with Gasteiger partial charge in [-0.05, 0) is 43.7 Å². The highest BCUT2D eigenvalue weighted by Gasteiger charge is 2.23. The van der Waals surface area contributed by atoms with Crippen LogP contribution in [-0.2, 0) is 17.8 Å². The molecule has 0 spiro atoms. The molecule has 0 atom stereocenters. The number of piperazine rings is 1. The lowest BCUT2D eigenvalue weighted by Crippen LogP contribution is -2.48. The Bertz CT molecular complexity index is 1000. The number of rotatable bonds is 5. The minimum atomic E-state index is -0.284. The maximum Gasteiger partial charge on any atom is 0.227 e. The highest BCUT2D eigenvalue weighted by Crippen LogP contribution is 2.23. The van der Waals surface area contributed by atoms with Crippen molar-refractivity contribution in [2.45, 2.75) is 26.8 Å². The molecule has 2 aromatic carbocycles. The number of amides is 1. The van der Waals surface area contributed by atoms with E-state index in [2.05, 4.69) is 24.0 Å². The highest BCUT2D eigenvalue weighted by atomic mass is 19.1. The molecule has 30 heavy (non-hydrogen) atoms. The van der Waals surface area contributed by atoms with E-state index >= 15 is 0 Å². The van der Waals surface area contributed by atoms with Crippen molar-refractivity contribution < 1.29 is 13.6 Å². The second-order valence-corrected chi connectivity index (χ2v) is 7.85. The average Bonchev–Trinajstić information content (AvgIpc) is 3.11. The predicted molar refractivity (Wildman–Crippen MR) is 113 cm³/mol. The quantitative estimate of drug-likeness (QED) is 0.642. The van der Waals surface area contributed by atoms with Crippen LogP contribution in [-0.4, -0.2) is 46.9 Å². The topological polar surface area (TPSA) is 49.6 Å². The second-order valence-electron chi connectivity index (χ2n) is 7.85. The number of hydrogen-bond acceptors (Lipinski definition) is 4. The van der Waals surface area contributed by atoms with Gasteiger partial charge in [0.1, 0.15) is 11.6 Å². The van der Waals surface area contributed by atoms with Crippen LogP contribution in [0.1, 0.15) is 22.6 Å². The Labute approximate surface area is 176 Å². The van der Waals surface area contributed by atoms with E-state index in [9.17, 15) is 9.18 Å². The lowest BCUT2D eigenvalue weighted by molar-refractivity contribution is -0.132. The van der Waals surface area contributed by atoms with Crippen LogP contribution in [0.3, 0.4) is 0 Å². The van der Waals surface area contributed by atoms with Gasteiger partial charge < -0.3 is 9.32 Å². The molecule has 1 aliphatic heterocycles. The number of nitrogens with zero attached hydrogens (tertiary/aromatic N) is 3. The lowest BCUT2D eigenvalue weighted by Gasteiger charge is -2.34. The Morgan fingerprint density at radius 3 is 2.33 bits per heavy atom. The maximum absolute atomic E-state index is 13.0. The van der Waals surface area contributed by atoms with Gasteiger partial charge in [-0.3, -0.25) is 9.69 Å². The van der Waals surface area contributed by atoms with Gasteiger partial charge in [0.25, 0.3) is 0 Å². The van der Waals surface area contributed by atoms with Gasteiger partial charge in [-0.1, -0.05) is 29.8 Å². The minimum absolute atomic E-state index is 0.0838. The number of halogens is 1. The largest absolute Gasteiger partial charge is 0.441 e. The SMILES string of the molecule is Cc1ccc(-c2nc(CN3CCN(C(=O)Cc4ccc(F)cc4)CC3)c(C)o2)cc1. The van der Waals surface area contributed by atoms with Crippen molar-refractivity contribution in [2.75, 3.05) is 26.2 Å². The van der Waals surface area contributed by atoms with Crippen molar-refractivity contribution >= 4 is 5.91 Å². The molecule has 1 saturated heterocycles. The highest BCUT2D eigenvalue weighted by molar-refractivity contribution is 5.78. The van der Waals surface area contributed by atoms with Gasteiger partial charge in [0, 0.05) is 38.3 Å². The molecule has 0 bridgehead atoms. The van der Waals surface area contributed by atoms with Crippen molar-refractivity contribution in [3.63, 3.8) is 0 Å². The van der Waals surface area contributed by atoms with E-state index in [-0.39, 0.29) is 11.7 Å². The molecule has 1 aromatic heterocycles. The minimum Gasteiger partial charge on any atom is -0.441 e. The van der Waals surface area contributed by atoms with E-state index in [0.29, 0.717) is 31.9 Å². The fourth-order valence-corrected chi connectivity index (χ4v) is 3.65. The molecular formula is C24H26FN3O2. The zero-order chi connectivity index (χ0) is 21.1. The summed E-state index contributed by atoms with van der Waals surface area (Å²) in [7, 11) is 0. The Balaban J connectivity index is 1.32. The number of hydrogen-bond donors (Lipinski definition) is 0. The van der Waals surface area contributed by atoms with Crippen LogP contribution in [0.2, 0.25) is 0 Å². The summed E-state index contributed by atoms with van der Waals surface area (Å²) in [6.07, 6.45) is 0.308. The summed E-state index contributed by atoms with van der Waals surface area (Å²) in [6, 6.07) is 14.3. The van der Waals surface area contributed by atoms with Crippen LogP contribution in [0.15, 0.2) is 52.9 Å². The molecular weight excluding hydrogens is 381 g/mol. The summed E-state index contributed by atoms with van der Waals surface area (Å²) >= 11 is 0. The number of benzene rings is 2. The van der Waals surface area contributed by atoms with E-state index in [0.717, 1.165) is 35.7 Å². The molecule has 156 valence electrons. The van der Waals surface area contributed by atoms with E-state index < -0.39 is 0 Å². The second kappa shape index (κ2) is 8.79. The molecule has 3 aromatic rings. The summed E-state index contributed by atoms with van der Waals surface area (Å²) in [4.78, 5) is 21.4. The van der Waals surface area contributed by atoms with Crippen LogP contribution >= 0.6 is 0 Å². The van der Waals surface area contributed by atoms with Gasteiger partial charge in [0.15, 0.2) is 0 Å². The third-order valence-corrected chi connectivity index (χ3v) is 5.56. The van der Waals surface area contributed by atoms with Crippen molar-refractivity contribution in [3.8, 4) is 11.5 Å². The molecule has 1 amide bonds. The molecule has 5 nitrogen and oxygen atoms in total. The molecule has 0 N–H and O–H groups in total. The normalized spacial score (nSPS) is 14.8. The Morgan fingerprint density at radius 2 is 1.67 bits per heavy atom. The predicted octanol–water partition coefficient (Wildman–Crippen LogP) is 3.98. The van der Waals surface area contributed by atoms with Crippen molar-refractivity contribution in [2.24, 2.45) is 0 Å². The Hall–Kier alpha value is -2.99. The Kier molecular flexibility index (Phi) is 5.95. The van der Waals surface area contributed by atoms with Gasteiger partial charge in [0.05, 0.1) is 12.1 Å². The van der Waals surface area contributed by atoms with Crippen molar-refractivity contribution in [1.29, 1.82) is 0 Å². The van der Waals surface area contributed by atoms with Gasteiger partial charge in [-0.15, -0.1) is 0 Å². The monoisotopic (exact) mass is 407 g/mol. The molecule has 0 saturated carbocycles. The lowest BCUT2D eigenvalue weighted by atomic mass is 10.1. The van der Waals surface area contributed by atoms with Crippen LogP contribution in [0.5, 0.6) is 0 Å². The molecule has 4 rings (SSSR count). The van der Waals surface area contributed by atoms with Gasteiger partial charge in [-0.25, -0.2) is 9.37 Å². The van der Waals surface area contributed by atoms with Crippen molar-refractivity contribution in [3.05, 3.63) is 76.9 Å². The number of aromatic nitrogens is 1. The average molecular weight is 407 g/mol. The first-order chi connectivity index (χ1) is 14.5. The first-order valence-electron chi connectivity index (χ1n) is 10.3. The standard InChI is InChI=1S/C24H26FN3O2/c1-17-3-7-20(8-4-17)24-26-22(18(2)30-24)16-27-11-13-28(14-12-27)23(29)15-19-5-9-21(25)10-6-19/h3-10H,11-16H2,1-2H3. The number of carbonyl (C=O) groups is 1. The summed E-state index contributed by atoms with van der Waals surface area (Å²) in [5, 5.41) is 0. The van der Waals surface area contributed by atoms with E-state index in [1.165, 1.54) is 17.7 Å². The molecule has 6 heteroatoms. The van der Waals surface area contributed by atoms with Crippen LogP contribution in [0.25, 0.3) is 11.5 Å². The smallest absolute Gasteiger partial charge is 0.227 e. The fraction of sp³-hybridized carbons (Fsp3) is 0.333. The van der Waals surface area contributed by atoms with E-state index in [1.54, 1.807) is 12.1 Å². The van der Waals surface area contributed by atoms with Gasteiger partial charge in [0.2, 0.25) is 11.8 Å². The summed E-state index contributed by atoms with van der Waals surface area (Å²) in [6.45, 7) is 7.66. The fourth-order valence-electron chi connectivity index (χ4n) is 3.65. The number of aryl methyl sites for hydroxylation is 2. The maximum atomic E-state index is 13.0. The molecule has 1 fully saturated rings. The third-order valence-electron chi connectivity index (χ3n) is 5.56. The molecule has 0 radical (unpaired) electrons. The summed E-state index contributed by atoms with van der Waals surface area (Å²) < 4.78 is 18.9. The number of carbonyl (C=O) groups excluding carboxylic acids is 1.